The van der Waals surface area contributed by atoms with E-state index >= 15 is 0 Å². The van der Waals surface area contributed by atoms with Crippen molar-refractivity contribution in [2.24, 2.45) is 0 Å². The van der Waals surface area contributed by atoms with E-state index in [9.17, 15) is 9.59 Å². The standard InChI is InChI=1S/C16H21NO3/c1-11(18)13-9-5-7-12-8-6-10-17(14(12)13)15(19)20-16(2,3)4/h5,7,9H,6,8,10H2,1-4H3. The number of carbonyl (C=O) groups excluding carboxylic acids is 2. The minimum Gasteiger partial charge on any atom is -0.443 e. The molecular formula is C16H21NO3. The average molecular weight is 275 g/mol. The number of amides is 1. The molecule has 4 heteroatoms. The minimum atomic E-state index is -0.542. The zero-order chi connectivity index (χ0) is 14.9. The second-order valence-electron chi connectivity index (χ2n) is 6.11. The van der Waals surface area contributed by atoms with Crippen LogP contribution in [0.1, 0.15) is 50.0 Å². The van der Waals surface area contributed by atoms with Gasteiger partial charge in [0.15, 0.2) is 5.78 Å². The van der Waals surface area contributed by atoms with Crippen molar-refractivity contribution in [2.75, 3.05) is 11.4 Å². The highest BCUT2D eigenvalue weighted by molar-refractivity contribution is 6.04. The Morgan fingerprint density at radius 2 is 1.95 bits per heavy atom. The molecule has 0 radical (unpaired) electrons. The number of ether oxygens (including phenoxy) is 1. The van der Waals surface area contributed by atoms with E-state index in [4.69, 9.17) is 4.74 Å². The van der Waals surface area contributed by atoms with E-state index in [1.807, 2.05) is 32.9 Å². The van der Waals surface area contributed by atoms with Crippen LogP contribution in [0.4, 0.5) is 10.5 Å². The smallest absolute Gasteiger partial charge is 0.414 e. The first-order valence-electron chi connectivity index (χ1n) is 6.93. The zero-order valence-electron chi connectivity index (χ0n) is 12.5. The largest absolute Gasteiger partial charge is 0.443 e. The Labute approximate surface area is 119 Å². The fourth-order valence-electron chi connectivity index (χ4n) is 2.43. The van der Waals surface area contributed by atoms with Crippen molar-refractivity contribution >= 4 is 17.6 Å². The molecule has 1 heterocycles. The molecule has 108 valence electrons. The molecule has 0 saturated carbocycles. The lowest BCUT2D eigenvalue weighted by Crippen LogP contribution is -2.40. The van der Waals surface area contributed by atoms with Crippen molar-refractivity contribution in [1.29, 1.82) is 0 Å². The molecule has 0 unspecified atom stereocenters. The van der Waals surface area contributed by atoms with Gasteiger partial charge in [0.2, 0.25) is 0 Å². The minimum absolute atomic E-state index is 0.0303. The van der Waals surface area contributed by atoms with E-state index in [1.165, 1.54) is 6.92 Å². The quantitative estimate of drug-likeness (QED) is 0.736. The molecular weight excluding hydrogens is 254 g/mol. The fourth-order valence-corrected chi connectivity index (χ4v) is 2.43. The Balaban J connectivity index is 2.41. The van der Waals surface area contributed by atoms with Gasteiger partial charge in [-0.1, -0.05) is 12.1 Å². The highest BCUT2D eigenvalue weighted by Gasteiger charge is 2.29. The summed E-state index contributed by atoms with van der Waals surface area (Å²) in [4.78, 5) is 25.7. The number of hydrogen-bond acceptors (Lipinski definition) is 3. The number of anilines is 1. The Hall–Kier alpha value is -1.84. The van der Waals surface area contributed by atoms with E-state index in [0.29, 0.717) is 12.1 Å². The first-order valence-corrected chi connectivity index (χ1v) is 6.93. The number of nitrogens with zero attached hydrogens (tertiary/aromatic N) is 1. The number of hydrogen-bond donors (Lipinski definition) is 0. The molecule has 0 aromatic heterocycles. The maximum absolute atomic E-state index is 12.3. The highest BCUT2D eigenvalue weighted by Crippen LogP contribution is 2.32. The van der Waals surface area contributed by atoms with Gasteiger partial charge in [-0.15, -0.1) is 0 Å². The van der Waals surface area contributed by atoms with Gasteiger partial charge in [-0.2, -0.15) is 0 Å². The number of rotatable bonds is 1. The molecule has 1 aliphatic heterocycles. The van der Waals surface area contributed by atoms with Crippen LogP contribution in [0.3, 0.4) is 0 Å². The van der Waals surface area contributed by atoms with Gasteiger partial charge in [0.1, 0.15) is 5.60 Å². The Morgan fingerprint density at radius 1 is 1.25 bits per heavy atom. The molecule has 0 saturated heterocycles. The molecule has 1 amide bonds. The van der Waals surface area contributed by atoms with Crippen LogP contribution in [0.25, 0.3) is 0 Å². The van der Waals surface area contributed by atoms with Gasteiger partial charge >= 0.3 is 6.09 Å². The van der Waals surface area contributed by atoms with Crippen LogP contribution in [-0.2, 0) is 11.2 Å². The normalized spacial score (nSPS) is 14.7. The highest BCUT2D eigenvalue weighted by atomic mass is 16.6. The van der Waals surface area contributed by atoms with Gasteiger partial charge in [0.05, 0.1) is 5.69 Å². The van der Waals surface area contributed by atoms with Crippen LogP contribution in [0.2, 0.25) is 0 Å². The summed E-state index contributed by atoms with van der Waals surface area (Å²) in [5.41, 5.74) is 1.81. The maximum Gasteiger partial charge on any atom is 0.414 e. The summed E-state index contributed by atoms with van der Waals surface area (Å²) in [5, 5.41) is 0. The van der Waals surface area contributed by atoms with Gasteiger partial charge in [0.25, 0.3) is 0 Å². The predicted molar refractivity (Wildman–Crippen MR) is 78.3 cm³/mol. The first-order chi connectivity index (χ1) is 9.29. The molecule has 1 aliphatic rings. The lowest BCUT2D eigenvalue weighted by molar-refractivity contribution is 0.0578. The third kappa shape index (κ3) is 3.00. The van der Waals surface area contributed by atoms with Crippen molar-refractivity contribution in [2.45, 2.75) is 46.1 Å². The zero-order valence-corrected chi connectivity index (χ0v) is 12.5. The van der Waals surface area contributed by atoms with Gasteiger partial charge in [-0.05, 0) is 52.2 Å². The van der Waals surface area contributed by atoms with Crippen LogP contribution in [0.15, 0.2) is 18.2 Å². The summed E-state index contributed by atoms with van der Waals surface area (Å²) in [6.07, 6.45) is 1.38. The maximum atomic E-state index is 12.3. The van der Waals surface area contributed by atoms with E-state index in [-0.39, 0.29) is 11.9 Å². The van der Waals surface area contributed by atoms with E-state index in [1.54, 1.807) is 11.0 Å². The van der Waals surface area contributed by atoms with E-state index in [2.05, 4.69) is 0 Å². The summed E-state index contributed by atoms with van der Waals surface area (Å²) in [5.74, 6) is -0.0303. The number of aryl methyl sites for hydroxylation is 1. The molecule has 0 N–H and O–H groups in total. The van der Waals surface area contributed by atoms with Crippen LogP contribution in [0, 0.1) is 0 Å². The van der Waals surface area contributed by atoms with Crippen molar-refractivity contribution < 1.29 is 14.3 Å². The number of Topliss-reactive ketones (excluding diaryl/α,β-unsaturated/α-hetero) is 1. The number of fused-ring (bicyclic) bond motifs is 1. The number of para-hydroxylation sites is 1. The Bertz CT molecular complexity index is 543. The second kappa shape index (κ2) is 5.27. The molecule has 0 fully saturated rings. The lowest BCUT2D eigenvalue weighted by Gasteiger charge is -2.32. The monoisotopic (exact) mass is 275 g/mol. The van der Waals surface area contributed by atoms with Crippen molar-refractivity contribution in [3.8, 4) is 0 Å². The third-order valence-electron chi connectivity index (χ3n) is 3.21. The molecule has 0 bridgehead atoms. The third-order valence-corrected chi connectivity index (χ3v) is 3.21. The SMILES string of the molecule is CC(=O)c1cccc2c1N(C(=O)OC(C)(C)C)CCC2. The second-order valence-corrected chi connectivity index (χ2v) is 6.11. The topological polar surface area (TPSA) is 46.6 Å². The first kappa shape index (κ1) is 14.6. The van der Waals surface area contributed by atoms with Crippen LogP contribution < -0.4 is 4.90 Å². The predicted octanol–water partition coefficient (Wildman–Crippen LogP) is 3.58. The van der Waals surface area contributed by atoms with Gasteiger partial charge in [-0.3, -0.25) is 9.69 Å². The van der Waals surface area contributed by atoms with Gasteiger partial charge in [0, 0.05) is 12.1 Å². The van der Waals surface area contributed by atoms with Crippen LogP contribution >= 0.6 is 0 Å². The summed E-state index contributed by atoms with van der Waals surface area (Å²) >= 11 is 0. The fraction of sp³-hybridized carbons (Fsp3) is 0.500. The summed E-state index contributed by atoms with van der Waals surface area (Å²) in [6.45, 7) is 7.63. The molecule has 20 heavy (non-hydrogen) atoms. The summed E-state index contributed by atoms with van der Waals surface area (Å²) in [7, 11) is 0. The summed E-state index contributed by atoms with van der Waals surface area (Å²) < 4.78 is 5.44. The Kier molecular flexibility index (Phi) is 3.84. The lowest BCUT2D eigenvalue weighted by atomic mass is 9.96. The van der Waals surface area contributed by atoms with E-state index < -0.39 is 5.60 Å². The van der Waals surface area contributed by atoms with Crippen LogP contribution in [0.5, 0.6) is 0 Å². The van der Waals surface area contributed by atoms with Crippen molar-refractivity contribution in [3.63, 3.8) is 0 Å². The van der Waals surface area contributed by atoms with Crippen molar-refractivity contribution in [1.82, 2.24) is 0 Å². The number of ketones is 1. The molecule has 0 spiro atoms. The van der Waals surface area contributed by atoms with Crippen LogP contribution in [-0.4, -0.2) is 24.0 Å². The van der Waals surface area contributed by atoms with Crippen molar-refractivity contribution in [3.05, 3.63) is 29.3 Å². The van der Waals surface area contributed by atoms with Gasteiger partial charge < -0.3 is 4.74 Å². The van der Waals surface area contributed by atoms with Gasteiger partial charge in [-0.25, -0.2) is 4.79 Å². The van der Waals surface area contributed by atoms with E-state index in [0.717, 1.165) is 24.1 Å². The Morgan fingerprint density at radius 3 is 2.55 bits per heavy atom. The number of carbonyl (C=O) groups is 2. The average Bonchev–Trinajstić information content (AvgIpc) is 2.35. The molecule has 1 aromatic rings. The summed E-state index contributed by atoms with van der Waals surface area (Å²) in [6, 6.07) is 5.61. The molecule has 4 nitrogen and oxygen atoms in total. The molecule has 2 rings (SSSR count). The number of benzene rings is 1. The molecule has 0 aliphatic carbocycles. The molecule has 0 atom stereocenters. The molecule has 1 aromatic carbocycles.